The number of carboxylic acid groups (broad SMARTS) is 1. The Bertz CT molecular complexity index is 405. The van der Waals surface area contributed by atoms with Crippen molar-refractivity contribution in [2.75, 3.05) is 0 Å². The number of hydrogen-bond donors (Lipinski definition) is 1. The van der Waals surface area contributed by atoms with Crippen LogP contribution in [0.5, 0.6) is 0 Å². The molecule has 1 fully saturated rings. The van der Waals surface area contributed by atoms with Crippen molar-refractivity contribution in [1.29, 1.82) is 0 Å². The predicted molar refractivity (Wildman–Crippen MR) is 65.4 cm³/mol. The lowest BCUT2D eigenvalue weighted by molar-refractivity contribution is 0.0701. The van der Waals surface area contributed by atoms with Crippen LogP contribution in [0.2, 0.25) is 0 Å². The van der Waals surface area contributed by atoms with E-state index in [9.17, 15) is 9.00 Å². The molecular formula is C11H14O3S2. The number of hydrogen-bond acceptors (Lipinski definition) is 3. The molecule has 0 saturated heterocycles. The van der Waals surface area contributed by atoms with Gasteiger partial charge >= 0.3 is 5.97 Å². The van der Waals surface area contributed by atoms with Crippen molar-refractivity contribution >= 4 is 28.1 Å². The Morgan fingerprint density at radius 1 is 1.50 bits per heavy atom. The van der Waals surface area contributed by atoms with E-state index in [4.69, 9.17) is 5.11 Å². The third-order valence-electron chi connectivity index (χ3n) is 2.91. The van der Waals surface area contributed by atoms with Crippen LogP contribution in [-0.4, -0.2) is 20.5 Å². The second-order valence-electron chi connectivity index (χ2n) is 4.01. The molecule has 0 bridgehead atoms. The molecule has 0 amide bonds. The van der Waals surface area contributed by atoms with E-state index in [2.05, 4.69) is 0 Å². The summed E-state index contributed by atoms with van der Waals surface area (Å²) in [6.45, 7) is 0. The van der Waals surface area contributed by atoms with Gasteiger partial charge in [0.2, 0.25) is 0 Å². The highest BCUT2D eigenvalue weighted by Gasteiger charge is 2.23. The Balaban J connectivity index is 2.05. The first-order chi connectivity index (χ1) is 7.68. The van der Waals surface area contributed by atoms with E-state index in [-0.39, 0.29) is 5.25 Å². The summed E-state index contributed by atoms with van der Waals surface area (Å²) in [5.41, 5.74) is 0.725. The lowest BCUT2D eigenvalue weighted by Crippen LogP contribution is -2.13. The van der Waals surface area contributed by atoms with Crippen molar-refractivity contribution in [1.82, 2.24) is 0 Å². The Labute approximate surface area is 101 Å². The van der Waals surface area contributed by atoms with E-state index in [0.29, 0.717) is 10.6 Å². The third-order valence-corrected chi connectivity index (χ3v) is 5.67. The molecule has 0 radical (unpaired) electrons. The summed E-state index contributed by atoms with van der Waals surface area (Å²) in [5, 5.41) is 11.0. The number of thiophene rings is 1. The van der Waals surface area contributed by atoms with E-state index >= 15 is 0 Å². The molecule has 1 unspecified atom stereocenters. The van der Waals surface area contributed by atoms with Gasteiger partial charge in [0.25, 0.3) is 0 Å². The SMILES string of the molecule is O=C(O)c1sccc1CS(=O)C1CCCC1. The largest absolute Gasteiger partial charge is 0.477 e. The Kier molecular flexibility index (Phi) is 3.76. The van der Waals surface area contributed by atoms with Crippen LogP contribution >= 0.6 is 11.3 Å². The summed E-state index contributed by atoms with van der Waals surface area (Å²) in [6.07, 6.45) is 4.37. The third kappa shape index (κ3) is 2.52. The van der Waals surface area contributed by atoms with Gasteiger partial charge in [0.1, 0.15) is 4.88 Å². The van der Waals surface area contributed by atoms with Gasteiger partial charge in [-0.05, 0) is 29.9 Å². The molecule has 1 saturated carbocycles. The molecule has 1 atom stereocenters. The number of rotatable bonds is 4. The molecule has 16 heavy (non-hydrogen) atoms. The summed E-state index contributed by atoms with van der Waals surface area (Å²) in [6, 6.07) is 1.78. The average molecular weight is 258 g/mol. The van der Waals surface area contributed by atoms with Crippen molar-refractivity contribution in [2.45, 2.75) is 36.7 Å². The van der Waals surface area contributed by atoms with Crippen LogP contribution in [0, 0.1) is 0 Å². The fourth-order valence-corrected chi connectivity index (χ4v) is 4.55. The fraction of sp³-hybridized carbons (Fsp3) is 0.545. The molecule has 1 aliphatic carbocycles. The van der Waals surface area contributed by atoms with Crippen molar-refractivity contribution in [3.8, 4) is 0 Å². The van der Waals surface area contributed by atoms with Gasteiger partial charge in [-0.25, -0.2) is 4.79 Å². The zero-order valence-electron chi connectivity index (χ0n) is 8.85. The van der Waals surface area contributed by atoms with Gasteiger partial charge in [-0.1, -0.05) is 12.8 Å². The summed E-state index contributed by atoms with van der Waals surface area (Å²) < 4.78 is 12.0. The molecule has 0 aliphatic heterocycles. The second kappa shape index (κ2) is 5.10. The van der Waals surface area contributed by atoms with E-state index in [1.807, 2.05) is 0 Å². The minimum Gasteiger partial charge on any atom is -0.477 e. The number of carbonyl (C=O) groups is 1. The van der Waals surface area contributed by atoms with Gasteiger partial charge in [-0.2, -0.15) is 0 Å². The lowest BCUT2D eigenvalue weighted by atomic mass is 10.3. The minimum absolute atomic E-state index is 0.279. The fourth-order valence-electron chi connectivity index (χ4n) is 2.06. The second-order valence-corrected chi connectivity index (χ2v) is 6.64. The maximum atomic E-state index is 12.0. The monoisotopic (exact) mass is 258 g/mol. The standard InChI is InChI=1S/C11H14O3S2/c12-11(13)10-8(5-6-15-10)7-16(14)9-3-1-2-4-9/h5-6,9H,1-4,7H2,(H,12,13). The molecule has 1 aromatic heterocycles. The van der Waals surface area contributed by atoms with Gasteiger partial charge in [-0.15, -0.1) is 11.3 Å². The van der Waals surface area contributed by atoms with E-state index in [1.54, 1.807) is 11.4 Å². The number of carboxylic acids is 1. The lowest BCUT2D eigenvalue weighted by Gasteiger charge is -2.08. The van der Waals surface area contributed by atoms with Crippen LogP contribution < -0.4 is 0 Å². The van der Waals surface area contributed by atoms with Crippen LogP contribution in [0.4, 0.5) is 0 Å². The molecule has 1 heterocycles. The van der Waals surface area contributed by atoms with Crippen LogP contribution in [0.25, 0.3) is 0 Å². The quantitative estimate of drug-likeness (QED) is 0.903. The zero-order valence-corrected chi connectivity index (χ0v) is 10.5. The molecule has 5 heteroatoms. The molecule has 1 aliphatic rings. The van der Waals surface area contributed by atoms with E-state index in [0.717, 1.165) is 31.2 Å². The Hall–Kier alpha value is -0.680. The first kappa shape index (κ1) is 11.8. The molecule has 2 rings (SSSR count). The molecule has 3 nitrogen and oxygen atoms in total. The molecule has 1 aromatic rings. The van der Waals surface area contributed by atoms with Crippen molar-refractivity contribution in [3.63, 3.8) is 0 Å². The molecule has 0 spiro atoms. The molecule has 88 valence electrons. The predicted octanol–water partition coefficient (Wildman–Crippen LogP) is 2.64. The topological polar surface area (TPSA) is 54.4 Å². The summed E-state index contributed by atoms with van der Waals surface area (Å²) in [5.74, 6) is -0.510. The van der Waals surface area contributed by atoms with Crippen LogP contribution in [0.1, 0.15) is 40.9 Å². The minimum atomic E-state index is -0.909. The van der Waals surface area contributed by atoms with Crippen LogP contribution in [-0.2, 0) is 16.6 Å². The highest BCUT2D eigenvalue weighted by Crippen LogP contribution is 2.26. The zero-order chi connectivity index (χ0) is 11.5. The van der Waals surface area contributed by atoms with E-state index < -0.39 is 16.8 Å². The summed E-state index contributed by atoms with van der Waals surface area (Å²) >= 11 is 1.21. The van der Waals surface area contributed by atoms with Crippen LogP contribution in [0.15, 0.2) is 11.4 Å². The Morgan fingerprint density at radius 2 is 2.19 bits per heavy atom. The molecular weight excluding hydrogens is 244 g/mol. The van der Waals surface area contributed by atoms with Crippen molar-refractivity contribution in [3.05, 3.63) is 21.9 Å². The Morgan fingerprint density at radius 3 is 2.81 bits per heavy atom. The summed E-state index contributed by atoms with van der Waals surface area (Å²) in [7, 11) is -0.908. The van der Waals surface area contributed by atoms with Gasteiger partial charge < -0.3 is 5.11 Å². The van der Waals surface area contributed by atoms with Gasteiger partial charge in [-0.3, -0.25) is 4.21 Å². The first-order valence-corrected chi connectivity index (χ1v) is 7.61. The summed E-state index contributed by atoms with van der Waals surface area (Å²) in [4.78, 5) is 11.2. The highest BCUT2D eigenvalue weighted by molar-refractivity contribution is 7.84. The van der Waals surface area contributed by atoms with Crippen molar-refractivity contribution < 1.29 is 14.1 Å². The molecule has 0 aromatic carbocycles. The normalized spacial score (nSPS) is 18.8. The van der Waals surface area contributed by atoms with Crippen LogP contribution in [0.3, 0.4) is 0 Å². The smallest absolute Gasteiger partial charge is 0.346 e. The molecule has 1 N–H and O–H groups in total. The van der Waals surface area contributed by atoms with Gasteiger partial charge in [0, 0.05) is 16.0 Å². The maximum Gasteiger partial charge on any atom is 0.346 e. The first-order valence-electron chi connectivity index (χ1n) is 5.35. The van der Waals surface area contributed by atoms with Gasteiger partial charge in [0.05, 0.1) is 5.75 Å². The highest BCUT2D eigenvalue weighted by atomic mass is 32.2. The average Bonchev–Trinajstić information content (AvgIpc) is 2.86. The number of aromatic carboxylic acids is 1. The van der Waals surface area contributed by atoms with Gasteiger partial charge in [0.15, 0.2) is 0 Å². The van der Waals surface area contributed by atoms with Crippen molar-refractivity contribution in [2.24, 2.45) is 0 Å². The van der Waals surface area contributed by atoms with E-state index in [1.165, 1.54) is 11.3 Å². The maximum absolute atomic E-state index is 12.0.